The van der Waals surface area contributed by atoms with Crippen LogP contribution >= 0.6 is 15.9 Å². The SMILES string of the molecule is Cc1nn(C)c(C)c1/C=C/Br. The lowest BCUT2D eigenvalue weighted by Crippen LogP contribution is -1.92. The Morgan fingerprint density at radius 2 is 2.09 bits per heavy atom. The average molecular weight is 215 g/mol. The van der Waals surface area contributed by atoms with Crippen LogP contribution in [0.2, 0.25) is 0 Å². The van der Waals surface area contributed by atoms with E-state index in [0.717, 1.165) is 5.69 Å². The van der Waals surface area contributed by atoms with Crippen LogP contribution in [0.25, 0.3) is 6.08 Å². The van der Waals surface area contributed by atoms with Gasteiger partial charge in [0.25, 0.3) is 0 Å². The molecule has 3 heteroatoms. The molecule has 60 valence electrons. The van der Waals surface area contributed by atoms with Crippen molar-refractivity contribution in [1.82, 2.24) is 9.78 Å². The highest BCUT2D eigenvalue weighted by atomic mass is 79.9. The van der Waals surface area contributed by atoms with Gasteiger partial charge in [-0.05, 0) is 24.9 Å². The molecule has 0 aromatic carbocycles. The largest absolute Gasteiger partial charge is 0.272 e. The zero-order chi connectivity index (χ0) is 8.43. The van der Waals surface area contributed by atoms with Crippen molar-refractivity contribution >= 4 is 22.0 Å². The van der Waals surface area contributed by atoms with Gasteiger partial charge in [0.15, 0.2) is 0 Å². The van der Waals surface area contributed by atoms with Crippen molar-refractivity contribution in [3.63, 3.8) is 0 Å². The molecule has 1 aromatic rings. The smallest absolute Gasteiger partial charge is 0.0668 e. The minimum absolute atomic E-state index is 1.07. The molecule has 1 aromatic heterocycles. The van der Waals surface area contributed by atoms with E-state index in [1.54, 1.807) is 0 Å². The molecule has 0 radical (unpaired) electrons. The van der Waals surface area contributed by atoms with Gasteiger partial charge < -0.3 is 0 Å². The number of hydrogen-bond donors (Lipinski definition) is 0. The molecule has 0 aliphatic rings. The molecule has 1 heterocycles. The summed E-state index contributed by atoms with van der Waals surface area (Å²) in [5.41, 5.74) is 3.46. The van der Waals surface area contributed by atoms with Gasteiger partial charge in [0.1, 0.15) is 0 Å². The van der Waals surface area contributed by atoms with E-state index in [-0.39, 0.29) is 0 Å². The minimum atomic E-state index is 1.07. The Balaban J connectivity index is 3.22. The number of rotatable bonds is 1. The first-order chi connectivity index (χ1) is 5.16. The molecule has 0 saturated carbocycles. The van der Waals surface area contributed by atoms with Crippen molar-refractivity contribution < 1.29 is 0 Å². The Bertz CT molecular complexity index is 287. The summed E-state index contributed by atoms with van der Waals surface area (Å²) < 4.78 is 1.89. The Morgan fingerprint density at radius 1 is 1.45 bits per heavy atom. The van der Waals surface area contributed by atoms with Crippen LogP contribution in [0.1, 0.15) is 17.0 Å². The van der Waals surface area contributed by atoms with Crippen molar-refractivity contribution in [1.29, 1.82) is 0 Å². The number of halogens is 1. The second kappa shape index (κ2) is 3.22. The topological polar surface area (TPSA) is 17.8 Å². The van der Waals surface area contributed by atoms with Crippen molar-refractivity contribution in [2.45, 2.75) is 13.8 Å². The molecule has 0 N–H and O–H groups in total. The van der Waals surface area contributed by atoms with E-state index in [1.165, 1.54) is 11.3 Å². The lowest BCUT2D eigenvalue weighted by molar-refractivity contribution is 0.731. The second-order valence-electron chi connectivity index (χ2n) is 2.50. The van der Waals surface area contributed by atoms with Gasteiger partial charge in [0.2, 0.25) is 0 Å². The molecular weight excluding hydrogens is 204 g/mol. The van der Waals surface area contributed by atoms with E-state index in [9.17, 15) is 0 Å². The maximum Gasteiger partial charge on any atom is 0.0668 e. The molecule has 0 saturated heterocycles. The van der Waals surface area contributed by atoms with Crippen LogP contribution in [-0.2, 0) is 7.05 Å². The summed E-state index contributed by atoms with van der Waals surface area (Å²) in [7, 11) is 1.95. The lowest BCUT2D eigenvalue weighted by Gasteiger charge is -1.92. The van der Waals surface area contributed by atoms with Gasteiger partial charge in [-0.1, -0.05) is 15.9 Å². The fourth-order valence-corrected chi connectivity index (χ4v) is 1.36. The molecule has 2 nitrogen and oxygen atoms in total. The van der Waals surface area contributed by atoms with Crippen LogP contribution in [0, 0.1) is 13.8 Å². The molecule has 0 aliphatic heterocycles. The first-order valence-electron chi connectivity index (χ1n) is 3.43. The van der Waals surface area contributed by atoms with E-state index in [4.69, 9.17) is 0 Å². The molecular formula is C8H11BrN2. The van der Waals surface area contributed by atoms with Crippen LogP contribution in [-0.4, -0.2) is 9.78 Å². The van der Waals surface area contributed by atoms with Crippen molar-refractivity contribution in [2.24, 2.45) is 7.05 Å². The number of aromatic nitrogens is 2. The van der Waals surface area contributed by atoms with Crippen molar-refractivity contribution in [3.05, 3.63) is 21.9 Å². The van der Waals surface area contributed by atoms with Crippen molar-refractivity contribution in [2.75, 3.05) is 0 Å². The summed E-state index contributed by atoms with van der Waals surface area (Å²) in [5.74, 6) is 0. The van der Waals surface area contributed by atoms with Crippen LogP contribution in [0.3, 0.4) is 0 Å². The van der Waals surface area contributed by atoms with E-state index in [0.29, 0.717) is 0 Å². The van der Waals surface area contributed by atoms with Crippen LogP contribution in [0.15, 0.2) is 4.99 Å². The van der Waals surface area contributed by atoms with Crippen LogP contribution in [0.5, 0.6) is 0 Å². The molecule has 1 rings (SSSR count). The van der Waals surface area contributed by atoms with E-state index >= 15 is 0 Å². The maximum absolute atomic E-state index is 4.27. The Kier molecular flexibility index (Phi) is 2.49. The summed E-state index contributed by atoms with van der Waals surface area (Å²) in [6, 6.07) is 0. The number of hydrogen-bond acceptors (Lipinski definition) is 1. The lowest BCUT2D eigenvalue weighted by atomic mass is 10.2. The van der Waals surface area contributed by atoms with Crippen molar-refractivity contribution in [3.8, 4) is 0 Å². The third kappa shape index (κ3) is 1.53. The fraction of sp³-hybridized carbons (Fsp3) is 0.375. The Morgan fingerprint density at radius 3 is 2.45 bits per heavy atom. The van der Waals surface area contributed by atoms with Crippen LogP contribution in [0.4, 0.5) is 0 Å². The van der Waals surface area contributed by atoms with Gasteiger partial charge in [-0.2, -0.15) is 5.10 Å². The molecule has 11 heavy (non-hydrogen) atoms. The molecule has 0 aliphatic carbocycles. The summed E-state index contributed by atoms with van der Waals surface area (Å²) in [6.45, 7) is 4.07. The second-order valence-corrected chi connectivity index (χ2v) is 3.03. The first kappa shape index (κ1) is 8.53. The predicted octanol–water partition coefficient (Wildman–Crippen LogP) is 2.40. The van der Waals surface area contributed by atoms with Crippen LogP contribution < -0.4 is 0 Å². The van der Waals surface area contributed by atoms with Gasteiger partial charge >= 0.3 is 0 Å². The third-order valence-electron chi connectivity index (χ3n) is 1.79. The fourth-order valence-electron chi connectivity index (χ4n) is 1.09. The predicted molar refractivity (Wildman–Crippen MR) is 50.6 cm³/mol. The maximum atomic E-state index is 4.27. The molecule has 0 unspecified atom stereocenters. The highest BCUT2D eigenvalue weighted by Crippen LogP contribution is 2.13. The van der Waals surface area contributed by atoms with Gasteiger partial charge in [-0.15, -0.1) is 0 Å². The summed E-state index contributed by atoms with van der Waals surface area (Å²) in [6.07, 6.45) is 2.01. The van der Waals surface area contributed by atoms with E-state index < -0.39 is 0 Å². The quantitative estimate of drug-likeness (QED) is 0.703. The molecule has 0 fully saturated rings. The standard InChI is InChI=1S/C8H11BrN2/c1-6-8(4-5-9)7(2)11(3)10-6/h4-5H,1-3H3/b5-4+. The number of nitrogens with zero attached hydrogens (tertiary/aromatic N) is 2. The van der Waals surface area contributed by atoms with Gasteiger partial charge in [-0.3, -0.25) is 4.68 Å². The molecule has 0 bridgehead atoms. The van der Waals surface area contributed by atoms with E-state index in [2.05, 4.69) is 28.0 Å². The average Bonchev–Trinajstić information content (AvgIpc) is 2.17. The Hall–Kier alpha value is -0.570. The molecule has 0 atom stereocenters. The normalized spacial score (nSPS) is 11.3. The molecule has 0 amide bonds. The summed E-state index contributed by atoms with van der Waals surface area (Å²) in [4.78, 5) is 1.85. The zero-order valence-electron chi connectivity index (χ0n) is 6.93. The first-order valence-corrected chi connectivity index (χ1v) is 4.35. The van der Waals surface area contributed by atoms with Gasteiger partial charge in [0.05, 0.1) is 5.69 Å². The number of aryl methyl sites for hydroxylation is 2. The van der Waals surface area contributed by atoms with Gasteiger partial charge in [0, 0.05) is 18.3 Å². The summed E-state index contributed by atoms with van der Waals surface area (Å²) >= 11 is 3.25. The highest BCUT2D eigenvalue weighted by molar-refractivity contribution is 9.11. The summed E-state index contributed by atoms with van der Waals surface area (Å²) in [5, 5.41) is 4.27. The highest BCUT2D eigenvalue weighted by Gasteiger charge is 2.04. The minimum Gasteiger partial charge on any atom is -0.272 e. The molecule has 0 spiro atoms. The third-order valence-corrected chi connectivity index (χ3v) is 2.06. The van der Waals surface area contributed by atoms with E-state index in [1.807, 2.05) is 29.7 Å². The monoisotopic (exact) mass is 214 g/mol. The Labute approximate surface area is 75.0 Å². The van der Waals surface area contributed by atoms with Gasteiger partial charge in [-0.25, -0.2) is 0 Å². The zero-order valence-corrected chi connectivity index (χ0v) is 8.51.